The third-order valence-electron chi connectivity index (χ3n) is 3.60. The van der Waals surface area contributed by atoms with Gasteiger partial charge in [0.05, 0.1) is 5.56 Å². The van der Waals surface area contributed by atoms with Crippen LogP contribution < -0.4 is 5.32 Å². The molecule has 1 aromatic carbocycles. The maximum Gasteiger partial charge on any atom is 0.256 e. The lowest BCUT2D eigenvalue weighted by atomic mass is 10.0. The Morgan fingerprint density at radius 2 is 2.00 bits per heavy atom. The summed E-state index contributed by atoms with van der Waals surface area (Å²) in [6, 6.07) is 5.17. The molecule has 0 unspecified atom stereocenters. The quantitative estimate of drug-likeness (QED) is 0.905. The summed E-state index contributed by atoms with van der Waals surface area (Å²) in [7, 11) is 1.76. The van der Waals surface area contributed by atoms with Crippen LogP contribution in [0.1, 0.15) is 28.8 Å². The van der Waals surface area contributed by atoms with Crippen molar-refractivity contribution in [2.24, 2.45) is 0 Å². The van der Waals surface area contributed by atoms with Crippen molar-refractivity contribution in [1.29, 1.82) is 0 Å². The van der Waals surface area contributed by atoms with Crippen LogP contribution in [0.2, 0.25) is 0 Å². The van der Waals surface area contributed by atoms with E-state index in [-0.39, 0.29) is 29.9 Å². The van der Waals surface area contributed by atoms with Crippen molar-refractivity contribution >= 4 is 18.3 Å². The van der Waals surface area contributed by atoms with Crippen molar-refractivity contribution in [3.8, 4) is 0 Å². The topological polar surface area (TPSA) is 32.3 Å². The number of hydrogen-bond donors (Lipinski definition) is 1. The molecule has 3 nitrogen and oxygen atoms in total. The fourth-order valence-corrected chi connectivity index (χ4v) is 2.36. The predicted octanol–water partition coefficient (Wildman–Crippen LogP) is 2.38. The Bertz CT molecular complexity index is 447. The summed E-state index contributed by atoms with van der Waals surface area (Å²) >= 11 is 0. The average molecular weight is 287 g/mol. The summed E-state index contributed by atoms with van der Waals surface area (Å²) in [6.45, 7) is 3.51. The van der Waals surface area contributed by atoms with Gasteiger partial charge in [-0.05, 0) is 44.5 Å². The molecule has 5 heteroatoms. The molecule has 0 saturated carbocycles. The first-order chi connectivity index (χ1) is 8.61. The van der Waals surface area contributed by atoms with Crippen LogP contribution in [0, 0.1) is 12.7 Å². The maximum absolute atomic E-state index is 13.9. The van der Waals surface area contributed by atoms with E-state index in [0.717, 1.165) is 25.9 Å². The average Bonchev–Trinajstić information content (AvgIpc) is 2.41. The Balaban J connectivity index is 0.00000180. The first-order valence-electron chi connectivity index (χ1n) is 6.34. The minimum atomic E-state index is -0.400. The highest BCUT2D eigenvalue weighted by Crippen LogP contribution is 2.17. The van der Waals surface area contributed by atoms with Gasteiger partial charge in [0.2, 0.25) is 0 Å². The van der Waals surface area contributed by atoms with Gasteiger partial charge in [0, 0.05) is 13.1 Å². The first kappa shape index (κ1) is 15.9. The summed E-state index contributed by atoms with van der Waals surface area (Å²) in [4.78, 5) is 14.0. The van der Waals surface area contributed by atoms with E-state index in [1.165, 1.54) is 0 Å². The molecule has 1 saturated heterocycles. The fourth-order valence-electron chi connectivity index (χ4n) is 2.36. The van der Waals surface area contributed by atoms with Crippen molar-refractivity contribution in [2.45, 2.75) is 25.8 Å². The molecule has 0 spiro atoms. The summed E-state index contributed by atoms with van der Waals surface area (Å²) in [5.41, 5.74) is 0.690. The summed E-state index contributed by atoms with van der Waals surface area (Å²) < 4.78 is 13.9. The van der Waals surface area contributed by atoms with Gasteiger partial charge in [-0.25, -0.2) is 4.39 Å². The van der Waals surface area contributed by atoms with Crippen molar-refractivity contribution in [1.82, 2.24) is 10.2 Å². The largest absolute Gasteiger partial charge is 0.339 e. The third kappa shape index (κ3) is 3.45. The lowest BCUT2D eigenvalue weighted by Gasteiger charge is -2.31. The van der Waals surface area contributed by atoms with Crippen LogP contribution in [-0.4, -0.2) is 37.0 Å². The Hall–Kier alpha value is -1.13. The van der Waals surface area contributed by atoms with Crippen LogP contribution in [0.4, 0.5) is 4.39 Å². The van der Waals surface area contributed by atoms with Gasteiger partial charge in [0.1, 0.15) is 5.82 Å². The van der Waals surface area contributed by atoms with Crippen molar-refractivity contribution in [3.05, 3.63) is 35.1 Å². The van der Waals surface area contributed by atoms with Gasteiger partial charge < -0.3 is 10.2 Å². The Morgan fingerprint density at radius 1 is 1.37 bits per heavy atom. The molecule has 1 aromatic rings. The smallest absolute Gasteiger partial charge is 0.256 e. The van der Waals surface area contributed by atoms with Gasteiger partial charge >= 0.3 is 0 Å². The third-order valence-corrected chi connectivity index (χ3v) is 3.60. The van der Waals surface area contributed by atoms with Gasteiger partial charge in [0.25, 0.3) is 5.91 Å². The van der Waals surface area contributed by atoms with Crippen LogP contribution in [0.15, 0.2) is 18.2 Å². The number of aryl methyl sites for hydroxylation is 1. The number of benzene rings is 1. The highest BCUT2D eigenvalue weighted by molar-refractivity contribution is 5.94. The van der Waals surface area contributed by atoms with Gasteiger partial charge in [-0.15, -0.1) is 12.4 Å². The SMILES string of the molecule is Cc1cccc(C(=O)N(C)C2CCNCC2)c1F.Cl. The highest BCUT2D eigenvalue weighted by Gasteiger charge is 2.24. The van der Waals surface area contributed by atoms with E-state index in [4.69, 9.17) is 0 Å². The number of nitrogens with zero attached hydrogens (tertiary/aromatic N) is 1. The predicted molar refractivity (Wildman–Crippen MR) is 76.4 cm³/mol. The Labute approximate surface area is 119 Å². The first-order valence-corrected chi connectivity index (χ1v) is 6.34. The molecule has 0 radical (unpaired) electrons. The normalized spacial score (nSPS) is 15.7. The zero-order valence-corrected chi connectivity index (χ0v) is 12.1. The molecule has 1 heterocycles. The number of carbonyl (C=O) groups excluding carboxylic acids is 1. The van der Waals surface area contributed by atoms with Gasteiger partial charge in [0.15, 0.2) is 0 Å². The molecule has 2 rings (SSSR count). The van der Waals surface area contributed by atoms with E-state index in [9.17, 15) is 9.18 Å². The number of carbonyl (C=O) groups is 1. The standard InChI is InChI=1S/C14H19FN2O.ClH/c1-10-4-3-5-12(13(10)15)14(18)17(2)11-6-8-16-9-7-11;/h3-5,11,16H,6-9H2,1-2H3;1H. The molecular weight excluding hydrogens is 267 g/mol. The number of piperidine rings is 1. The van der Waals surface area contributed by atoms with Crippen LogP contribution in [-0.2, 0) is 0 Å². The monoisotopic (exact) mass is 286 g/mol. The van der Waals surface area contributed by atoms with E-state index in [0.29, 0.717) is 5.56 Å². The van der Waals surface area contributed by atoms with E-state index in [2.05, 4.69) is 5.32 Å². The molecule has 1 fully saturated rings. The molecule has 0 atom stereocenters. The minimum Gasteiger partial charge on any atom is -0.339 e. The second kappa shape index (κ2) is 6.87. The van der Waals surface area contributed by atoms with Crippen molar-refractivity contribution in [2.75, 3.05) is 20.1 Å². The number of halogens is 2. The van der Waals surface area contributed by atoms with E-state index in [1.54, 1.807) is 37.1 Å². The summed E-state index contributed by atoms with van der Waals surface area (Å²) in [6.07, 6.45) is 1.85. The van der Waals surface area contributed by atoms with Crippen LogP contribution >= 0.6 is 12.4 Å². The molecule has 1 amide bonds. The number of rotatable bonds is 2. The lowest BCUT2D eigenvalue weighted by Crippen LogP contribution is -2.44. The second-order valence-corrected chi connectivity index (χ2v) is 4.83. The van der Waals surface area contributed by atoms with Gasteiger partial charge in [-0.2, -0.15) is 0 Å². The molecule has 0 bridgehead atoms. The fraction of sp³-hybridized carbons (Fsp3) is 0.500. The van der Waals surface area contributed by atoms with Gasteiger partial charge in [-0.1, -0.05) is 12.1 Å². The highest BCUT2D eigenvalue weighted by atomic mass is 35.5. The Morgan fingerprint density at radius 3 is 2.63 bits per heavy atom. The molecule has 1 aliphatic heterocycles. The van der Waals surface area contributed by atoms with Crippen molar-refractivity contribution < 1.29 is 9.18 Å². The molecule has 1 aliphatic rings. The zero-order valence-electron chi connectivity index (χ0n) is 11.3. The second-order valence-electron chi connectivity index (χ2n) is 4.83. The molecule has 19 heavy (non-hydrogen) atoms. The zero-order chi connectivity index (χ0) is 13.1. The minimum absolute atomic E-state index is 0. The number of nitrogens with one attached hydrogen (secondary N) is 1. The van der Waals surface area contributed by atoms with E-state index >= 15 is 0 Å². The Kier molecular flexibility index (Phi) is 5.76. The molecular formula is C14H20ClFN2O. The maximum atomic E-state index is 13.9. The van der Waals surface area contributed by atoms with E-state index < -0.39 is 5.82 Å². The van der Waals surface area contributed by atoms with E-state index in [1.807, 2.05) is 0 Å². The lowest BCUT2D eigenvalue weighted by molar-refractivity contribution is 0.0698. The van der Waals surface area contributed by atoms with Gasteiger partial charge in [-0.3, -0.25) is 4.79 Å². The van der Waals surface area contributed by atoms with Crippen molar-refractivity contribution in [3.63, 3.8) is 0 Å². The molecule has 106 valence electrons. The number of amides is 1. The summed E-state index contributed by atoms with van der Waals surface area (Å²) in [5.74, 6) is -0.619. The van der Waals surface area contributed by atoms with Crippen LogP contribution in [0.5, 0.6) is 0 Å². The van der Waals surface area contributed by atoms with Crippen LogP contribution in [0.3, 0.4) is 0 Å². The molecule has 1 N–H and O–H groups in total. The molecule has 0 aromatic heterocycles. The summed E-state index contributed by atoms with van der Waals surface area (Å²) in [5, 5.41) is 3.26. The molecule has 0 aliphatic carbocycles. The van der Waals surface area contributed by atoms with Crippen LogP contribution in [0.25, 0.3) is 0 Å². The number of hydrogen-bond acceptors (Lipinski definition) is 2.